The molecule has 0 radical (unpaired) electrons. The van der Waals surface area contributed by atoms with E-state index in [0.29, 0.717) is 18.0 Å². The first-order valence-corrected chi connectivity index (χ1v) is 7.46. The van der Waals surface area contributed by atoms with Crippen LogP contribution in [0.15, 0.2) is 18.2 Å². The molecule has 1 N–H and O–H groups in total. The molecular formula is C16H23N3O4. The molecule has 1 aromatic rings. The highest BCUT2D eigenvalue weighted by atomic mass is 16.5. The average Bonchev–Trinajstić information content (AvgIpc) is 2.81. The number of hydrogen-bond acceptors (Lipinski definition) is 6. The van der Waals surface area contributed by atoms with Gasteiger partial charge in [-0.15, -0.1) is 0 Å². The number of carbonyl (C=O) groups excluding carboxylic acids is 2. The second-order valence-corrected chi connectivity index (χ2v) is 5.54. The molecule has 0 unspecified atom stereocenters. The highest BCUT2D eigenvalue weighted by Gasteiger charge is 2.39. The van der Waals surface area contributed by atoms with E-state index in [-0.39, 0.29) is 18.2 Å². The zero-order valence-electron chi connectivity index (χ0n) is 14.0. The molecular weight excluding hydrogens is 298 g/mol. The summed E-state index contributed by atoms with van der Waals surface area (Å²) in [6.45, 7) is 0.598. The predicted molar refractivity (Wildman–Crippen MR) is 85.2 cm³/mol. The Hall–Kier alpha value is -2.12. The van der Waals surface area contributed by atoms with Gasteiger partial charge in [-0.2, -0.15) is 0 Å². The molecule has 23 heavy (non-hydrogen) atoms. The molecule has 0 saturated carbocycles. The van der Waals surface area contributed by atoms with Crippen molar-refractivity contribution in [2.45, 2.75) is 18.9 Å². The summed E-state index contributed by atoms with van der Waals surface area (Å²) < 4.78 is 10.5. The summed E-state index contributed by atoms with van der Waals surface area (Å²) in [6.07, 6.45) is 0.920. The quantitative estimate of drug-likeness (QED) is 0.735. The monoisotopic (exact) mass is 321 g/mol. The van der Waals surface area contributed by atoms with Gasteiger partial charge in [-0.05, 0) is 30.7 Å². The van der Waals surface area contributed by atoms with Crippen LogP contribution in [0.1, 0.15) is 12.0 Å². The van der Waals surface area contributed by atoms with E-state index in [1.165, 1.54) is 10.0 Å². The Balaban J connectivity index is 1.91. The number of nitrogens with one attached hydrogen (secondary N) is 1. The smallest absolute Gasteiger partial charge is 0.261 e. The molecule has 1 aliphatic heterocycles. The summed E-state index contributed by atoms with van der Waals surface area (Å²) in [5, 5.41) is 5.84. The van der Waals surface area contributed by atoms with Crippen molar-refractivity contribution < 1.29 is 19.1 Å². The van der Waals surface area contributed by atoms with Crippen LogP contribution in [0.2, 0.25) is 0 Å². The van der Waals surface area contributed by atoms with Crippen LogP contribution in [0.25, 0.3) is 0 Å². The number of amides is 2. The third kappa shape index (κ3) is 3.80. The third-order valence-electron chi connectivity index (χ3n) is 3.77. The minimum Gasteiger partial charge on any atom is -0.493 e. The van der Waals surface area contributed by atoms with Crippen molar-refractivity contribution in [1.82, 2.24) is 15.3 Å². The summed E-state index contributed by atoms with van der Waals surface area (Å²) in [7, 11) is 6.56. The van der Waals surface area contributed by atoms with Gasteiger partial charge in [-0.25, -0.2) is 10.0 Å². The number of hydrogen-bond donors (Lipinski definition) is 1. The summed E-state index contributed by atoms with van der Waals surface area (Å²) in [4.78, 5) is 24.0. The maximum Gasteiger partial charge on any atom is 0.261 e. The normalized spacial score (nSPS) is 18.0. The zero-order chi connectivity index (χ0) is 17.0. The van der Waals surface area contributed by atoms with Gasteiger partial charge in [0, 0.05) is 14.1 Å². The van der Waals surface area contributed by atoms with Crippen molar-refractivity contribution in [2.75, 3.05) is 34.9 Å². The molecule has 7 heteroatoms. The first kappa shape index (κ1) is 17.2. The maximum atomic E-state index is 12.1. The Kier molecular flexibility index (Phi) is 5.57. The third-order valence-corrected chi connectivity index (χ3v) is 3.77. The lowest BCUT2D eigenvalue weighted by Crippen LogP contribution is -2.45. The lowest BCUT2D eigenvalue weighted by Gasteiger charge is -2.21. The molecule has 0 bridgehead atoms. The van der Waals surface area contributed by atoms with Crippen LogP contribution < -0.4 is 14.8 Å². The highest BCUT2D eigenvalue weighted by molar-refractivity contribution is 6.04. The Morgan fingerprint density at radius 1 is 1.22 bits per heavy atom. The molecule has 1 saturated heterocycles. The molecule has 1 aromatic carbocycles. The van der Waals surface area contributed by atoms with Gasteiger partial charge in [-0.3, -0.25) is 9.59 Å². The Morgan fingerprint density at radius 2 is 1.91 bits per heavy atom. The number of rotatable bonds is 7. The lowest BCUT2D eigenvalue weighted by atomic mass is 10.1. The van der Waals surface area contributed by atoms with Crippen molar-refractivity contribution in [3.05, 3.63) is 23.8 Å². The van der Waals surface area contributed by atoms with Gasteiger partial charge >= 0.3 is 0 Å². The van der Waals surface area contributed by atoms with E-state index in [4.69, 9.17) is 9.47 Å². The Bertz CT molecular complexity index is 589. The summed E-state index contributed by atoms with van der Waals surface area (Å²) in [5.41, 5.74) is 1.07. The number of hydrazine groups is 1. The maximum absolute atomic E-state index is 12.1. The molecule has 1 atom stereocenters. The molecule has 1 fully saturated rings. The SMILES string of the molecule is COc1ccc(CCN[C@H]2CC(=O)N(N(C)C)C2=O)cc1OC. The first-order chi connectivity index (χ1) is 11.0. The van der Waals surface area contributed by atoms with Crippen molar-refractivity contribution in [3.63, 3.8) is 0 Å². The van der Waals surface area contributed by atoms with E-state index >= 15 is 0 Å². The summed E-state index contributed by atoms with van der Waals surface area (Å²) in [6, 6.07) is 5.27. The first-order valence-electron chi connectivity index (χ1n) is 7.46. The van der Waals surface area contributed by atoms with Crippen molar-refractivity contribution in [3.8, 4) is 11.5 Å². The highest BCUT2D eigenvalue weighted by Crippen LogP contribution is 2.27. The number of nitrogens with zero attached hydrogens (tertiary/aromatic N) is 2. The second-order valence-electron chi connectivity index (χ2n) is 5.54. The minimum atomic E-state index is -0.454. The van der Waals surface area contributed by atoms with Crippen LogP contribution in [0, 0.1) is 0 Å². The van der Waals surface area contributed by atoms with Gasteiger partial charge in [-0.1, -0.05) is 6.07 Å². The van der Waals surface area contributed by atoms with Crippen molar-refractivity contribution in [2.24, 2.45) is 0 Å². The number of ether oxygens (including phenoxy) is 2. The van der Waals surface area contributed by atoms with E-state index in [1.807, 2.05) is 18.2 Å². The van der Waals surface area contributed by atoms with Crippen LogP contribution in [0.3, 0.4) is 0 Å². The van der Waals surface area contributed by atoms with Gasteiger partial charge in [0.25, 0.3) is 5.91 Å². The van der Waals surface area contributed by atoms with Crippen molar-refractivity contribution in [1.29, 1.82) is 0 Å². The number of imide groups is 1. The van der Waals surface area contributed by atoms with Gasteiger partial charge < -0.3 is 14.8 Å². The van der Waals surface area contributed by atoms with Crippen LogP contribution in [-0.4, -0.2) is 62.7 Å². The van der Waals surface area contributed by atoms with Gasteiger partial charge in [0.15, 0.2) is 11.5 Å². The number of benzene rings is 1. The van der Waals surface area contributed by atoms with Crippen LogP contribution in [-0.2, 0) is 16.0 Å². The Morgan fingerprint density at radius 3 is 2.48 bits per heavy atom. The fourth-order valence-corrected chi connectivity index (χ4v) is 2.63. The summed E-state index contributed by atoms with van der Waals surface area (Å²) >= 11 is 0. The fraction of sp³-hybridized carbons (Fsp3) is 0.500. The summed E-state index contributed by atoms with van der Waals surface area (Å²) in [5.74, 6) is 0.981. The predicted octanol–water partition coefficient (Wildman–Crippen LogP) is 0.440. The standard InChI is InChI=1S/C16H23N3O4/c1-18(2)19-15(20)10-12(16(19)21)17-8-7-11-5-6-13(22-3)14(9-11)23-4/h5-6,9,12,17H,7-8,10H2,1-4H3/t12-/m0/s1. The molecule has 0 aliphatic carbocycles. The molecule has 1 aliphatic rings. The molecule has 7 nitrogen and oxygen atoms in total. The molecule has 126 valence electrons. The average molecular weight is 321 g/mol. The van der Waals surface area contributed by atoms with Crippen LogP contribution in [0.4, 0.5) is 0 Å². The number of carbonyl (C=O) groups is 2. The molecule has 2 amide bonds. The Labute approximate surface area is 136 Å². The minimum absolute atomic E-state index is 0.177. The van der Waals surface area contributed by atoms with E-state index in [2.05, 4.69) is 5.32 Å². The van der Waals surface area contributed by atoms with Crippen LogP contribution >= 0.6 is 0 Å². The van der Waals surface area contributed by atoms with E-state index in [1.54, 1.807) is 28.3 Å². The van der Waals surface area contributed by atoms with E-state index < -0.39 is 6.04 Å². The largest absolute Gasteiger partial charge is 0.493 e. The molecule has 1 heterocycles. The van der Waals surface area contributed by atoms with Gasteiger partial charge in [0.05, 0.1) is 26.7 Å². The van der Waals surface area contributed by atoms with E-state index in [9.17, 15) is 9.59 Å². The topological polar surface area (TPSA) is 71.1 Å². The van der Waals surface area contributed by atoms with Gasteiger partial charge in [0.1, 0.15) is 0 Å². The lowest BCUT2D eigenvalue weighted by molar-refractivity contribution is -0.153. The number of methoxy groups -OCH3 is 2. The molecule has 0 aromatic heterocycles. The van der Waals surface area contributed by atoms with Gasteiger partial charge in [0.2, 0.25) is 5.91 Å². The fourth-order valence-electron chi connectivity index (χ4n) is 2.63. The molecule has 2 rings (SSSR count). The second kappa shape index (κ2) is 7.43. The van der Waals surface area contributed by atoms with Crippen LogP contribution in [0.5, 0.6) is 11.5 Å². The van der Waals surface area contributed by atoms with E-state index in [0.717, 1.165) is 12.0 Å². The zero-order valence-corrected chi connectivity index (χ0v) is 14.0. The molecule has 0 spiro atoms. The van der Waals surface area contributed by atoms with Crippen molar-refractivity contribution >= 4 is 11.8 Å².